The topological polar surface area (TPSA) is 85.6 Å². The van der Waals surface area contributed by atoms with Crippen molar-refractivity contribution in [1.29, 1.82) is 0 Å². The minimum absolute atomic E-state index is 0.0636. The van der Waals surface area contributed by atoms with Crippen molar-refractivity contribution in [2.45, 2.75) is 33.2 Å². The number of carbonyl (C=O) groups excluding carboxylic acids is 1. The molecule has 4 aromatic rings. The number of nitrogens with one attached hydrogen (secondary N) is 1. The molecule has 0 saturated carbocycles. The standard InChI is InChI=1S/C24H23FN6O/c1-15(2)23-28-29-30-31(23)20-12-18(21-5-4-16(3)10-22(21)25)11-19(13-20)24(32)27-14-17-6-8-26-9-7-17/h4-13,15H,14H2,1-3H3,(H,27,32). The van der Waals surface area contributed by atoms with Crippen molar-refractivity contribution in [3.63, 3.8) is 0 Å². The van der Waals surface area contributed by atoms with E-state index in [9.17, 15) is 9.18 Å². The molecule has 1 N–H and O–H groups in total. The van der Waals surface area contributed by atoms with Gasteiger partial charge >= 0.3 is 0 Å². The van der Waals surface area contributed by atoms with Gasteiger partial charge in [-0.05, 0) is 70.4 Å². The second-order valence-corrected chi connectivity index (χ2v) is 7.89. The fourth-order valence-electron chi connectivity index (χ4n) is 3.40. The van der Waals surface area contributed by atoms with Gasteiger partial charge in [-0.15, -0.1) is 5.10 Å². The first-order valence-corrected chi connectivity index (χ1v) is 10.3. The SMILES string of the molecule is Cc1ccc(-c2cc(C(=O)NCc3ccncc3)cc(-n3nnnc3C(C)C)c2)c(F)c1. The number of aromatic nitrogens is 5. The lowest BCUT2D eigenvalue weighted by atomic mass is 9.99. The van der Waals surface area contributed by atoms with Crippen LogP contribution in [0.3, 0.4) is 0 Å². The summed E-state index contributed by atoms with van der Waals surface area (Å²) in [5, 5.41) is 14.9. The Bertz CT molecular complexity index is 1250. The van der Waals surface area contributed by atoms with Crippen LogP contribution in [0.2, 0.25) is 0 Å². The molecule has 2 aromatic carbocycles. The van der Waals surface area contributed by atoms with Gasteiger partial charge in [0.2, 0.25) is 0 Å². The average molecular weight is 430 g/mol. The normalized spacial score (nSPS) is 11.0. The zero-order valence-electron chi connectivity index (χ0n) is 18.1. The van der Waals surface area contributed by atoms with E-state index in [4.69, 9.17) is 0 Å². The molecule has 162 valence electrons. The zero-order chi connectivity index (χ0) is 22.7. The molecule has 0 bridgehead atoms. The molecule has 0 spiro atoms. The fraction of sp³-hybridized carbons (Fsp3) is 0.208. The summed E-state index contributed by atoms with van der Waals surface area (Å²) in [5.74, 6) is 0.0751. The number of pyridine rings is 1. The highest BCUT2D eigenvalue weighted by atomic mass is 19.1. The molecule has 0 aliphatic rings. The number of tetrazole rings is 1. The summed E-state index contributed by atoms with van der Waals surface area (Å²) in [4.78, 5) is 17.0. The molecule has 2 aromatic heterocycles. The molecular weight excluding hydrogens is 407 g/mol. The van der Waals surface area contributed by atoms with Crippen molar-refractivity contribution < 1.29 is 9.18 Å². The Kier molecular flexibility index (Phi) is 6.02. The van der Waals surface area contributed by atoms with Crippen LogP contribution in [0.5, 0.6) is 0 Å². The Balaban J connectivity index is 1.76. The van der Waals surface area contributed by atoms with E-state index in [1.165, 1.54) is 6.07 Å². The van der Waals surface area contributed by atoms with E-state index >= 15 is 0 Å². The van der Waals surface area contributed by atoms with Crippen LogP contribution < -0.4 is 5.32 Å². The molecular formula is C24H23FN6O. The second kappa shape index (κ2) is 9.05. The van der Waals surface area contributed by atoms with Crippen molar-refractivity contribution in [2.75, 3.05) is 0 Å². The summed E-state index contributed by atoms with van der Waals surface area (Å²) in [7, 11) is 0. The first kappa shape index (κ1) is 21.3. The van der Waals surface area contributed by atoms with Gasteiger partial charge in [0, 0.05) is 36.0 Å². The average Bonchev–Trinajstić information content (AvgIpc) is 3.28. The summed E-state index contributed by atoms with van der Waals surface area (Å²) in [6, 6.07) is 13.9. The van der Waals surface area contributed by atoms with Gasteiger partial charge in [-0.25, -0.2) is 4.39 Å². The largest absolute Gasteiger partial charge is 0.348 e. The quantitative estimate of drug-likeness (QED) is 0.495. The van der Waals surface area contributed by atoms with Crippen molar-refractivity contribution in [2.24, 2.45) is 0 Å². The van der Waals surface area contributed by atoms with Gasteiger partial charge in [-0.1, -0.05) is 26.0 Å². The van der Waals surface area contributed by atoms with Crippen LogP contribution in [-0.4, -0.2) is 31.1 Å². The van der Waals surface area contributed by atoms with E-state index < -0.39 is 0 Å². The maximum atomic E-state index is 14.8. The molecule has 0 radical (unpaired) electrons. The molecule has 0 saturated heterocycles. The van der Waals surface area contributed by atoms with Crippen LogP contribution in [0.4, 0.5) is 4.39 Å². The van der Waals surface area contributed by atoms with Gasteiger partial charge in [0.1, 0.15) is 5.82 Å². The highest BCUT2D eigenvalue weighted by molar-refractivity contribution is 5.96. The number of amides is 1. The lowest BCUT2D eigenvalue weighted by molar-refractivity contribution is 0.0951. The molecule has 4 rings (SSSR count). The van der Waals surface area contributed by atoms with E-state index in [0.717, 1.165) is 11.1 Å². The summed E-state index contributed by atoms with van der Waals surface area (Å²) in [5.41, 5.74) is 3.69. The van der Waals surface area contributed by atoms with E-state index in [2.05, 4.69) is 25.8 Å². The molecule has 0 aliphatic carbocycles. The number of benzene rings is 2. The van der Waals surface area contributed by atoms with Gasteiger partial charge in [-0.3, -0.25) is 9.78 Å². The highest BCUT2D eigenvalue weighted by Crippen LogP contribution is 2.28. The molecule has 0 fully saturated rings. The van der Waals surface area contributed by atoms with E-state index in [1.807, 2.05) is 39.0 Å². The minimum atomic E-state index is -0.355. The Labute approximate surface area is 185 Å². The fourth-order valence-corrected chi connectivity index (χ4v) is 3.40. The molecule has 0 unspecified atom stereocenters. The predicted molar refractivity (Wildman–Crippen MR) is 119 cm³/mol. The lowest BCUT2D eigenvalue weighted by Crippen LogP contribution is -2.23. The minimum Gasteiger partial charge on any atom is -0.348 e. The second-order valence-electron chi connectivity index (χ2n) is 7.89. The van der Waals surface area contributed by atoms with E-state index in [-0.39, 0.29) is 17.6 Å². The molecule has 0 aliphatic heterocycles. The third kappa shape index (κ3) is 4.54. The van der Waals surface area contributed by atoms with Crippen LogP contribution >= 0.6 is 0 Å². The number of rotatable bonds is 6. The van der Waals surface area contributed by atoms with Crippen molar-refractivity contribution in [3.05, 3.63) is 89.3 Å². The lowest BCUT2D eigenvalue weighted by Gasteiger charge is -2.13. The molecule has 1 amide bonds. The van der Waals surface area contributed by atoms with Crippen LogP contribution in [0.15, 0.2) is 60.9 Å². The summed E-state index contributed by atoms with van der Waals surface area (Å²) in [6.07, 6.45) is 3.34. The Morgan fingerprint density at radius 1 is 1.09 bits per heavy atom. The van der Waals surface area contributed by atoms with Gasteiger partial charge in [0.15, 0.2) is 5.82 Å². The van der Waals surface area contributed by atoms with E-state index in [1.54, 1.807) is 41.3 Å². The summed E-state index contributed by atoms with van der Waals surface area (Å²) in [6.45, 7) is 6.14. The Hall–Kier alpha value is -3.94. The van der Waals surface area contributed by atoms with Crippen molar-refractivity contribution >= 4 is 5.91 Å². The number of carbonyl (C=O) groups is 1. The van der Waals surface area contributed by atoms with Gasteiger partial charge in [0.05, 0.1) is 5.69 Å². The van der Waals surface area contributed by atoms with Gasteiger partial charge in [-0.2, -0.15) is 4.68 Å². The zero-order valence-corrected chi connectivity index (χ0v) is 18.1. The maximum Gasteiger partial charge on any atom is 0.251 e. The van der Waals surface area contributed by atoms with Crippen molar-refractivity contribution in [1.82, 2.24) is 30.5 Å². The third-order valence-electron chi connectivity index (χ3n) is 5.07. The van der Waals surface area contributed by atoms with Gasteiger partial charge in [0.25, 0.3) is 5.91 Å². The van der Waals surface area contributed by atoms with Gasteiger partial charge < -0.3 is 5.32 Å². The number of hydrogen-bond acceptors (Lipinski definition) is 5. The van der Waals surface area contributed by atoms with Crippen molar-refractivity contribution in [3.8, 4) is 16.8 Å². The number of aryl methyl sites for hydroxylation is 1. The van der Waals surface area contributed by atoms with E-state index in [0.29, 0.717) is 34.7 Å². The first-order chi connectivity index (χ1) is 15.4. The maximum absolute atomic E-state index is 14.8. The predicted octanol–water partition coefficient (Wildman–Crippen LogP) is 4.23. The van der Waals surface area contributed by atoms with Crippen LogP contribution in [0, 0.1) is 12.7 Å². The molecule has 0 atom stereocenters. The monoisotopic (exact) mass is 430 g/mol. The Morgan fingerprint density at radius 3 is 2.59 bits per heavy atom. The number of hydrogen-bond donors (Lipinski definition) is 1. The smallest absolute Gasteiger partial charge is 0.251 e. The molecule has 2 heterocycles. The Morgan fingerprint density at radius 2 is 1.88 bits per heavy atom. The highest BCUT2D eigenvalue weighted by Gasteiger charge is 2.17. The number of nitrogens with zero attached hydrogens (tertiary/aromatic N) is 5. The van der Waals surface area contributed by atoms with Crippen LogP contribution in [0.1, 0.15) is 47.1 Å². The summed E-state index contributed by atoms with van der Waals surface area (Å²) >= 11 is 0. The first-order valence-electron chi connectivity index (χ1n) is 10.3. The third-order valence-corrected chi connectivity index (χ3v) is 5.07. The molecule has 32 heavy (non-hydrogen) atoms. The number of halogens is 1. The van der Waals surface area contributed by atoms with Crippen LogP contribution in [0.25, 0.3) is 16.8 Å². The molecule has 8 heteroatoms. The summed E-state index contributed by atoms with van der Waals surface area (Å²) < 4.78 is 16.3. The van der Waals surface area contributed by atoms with Crippen LogP contribution in [-0.2, 0) is 6.54 Å². The molecule has 7 nitrogen and oxygen atoms in total.